The van der Waals surface area contributed by atoms with Gasteiger partial charge in [0.05, 0.1) is 0 Å². The van der Waals surface area contributed by atoms with Crippen LogP contribution in [0.2, 0.25) is 0 Å². The second-order valence-electron chi connectivity index (χ2n) is 5.65. The molecule has 1 saturated heterocycles. The summed E-state index contributed by atoms with van der Waals surface area (Å²) in [6.07, 6.45) is 0.535. The Labute approximate surface area is 133 Å². The number of carbonyl (C=O) groups is 2. The molecule has 0 spiro atoms. The molecule has 0 bridgehead atoms. The van der Waals surface area contributed by atoms with Crippen molar-refractivity contribution in [1.29, 1.82) is 0 Å². The van der Waals surface area contributed by atoms with Crippen LogP contribution in [0.25, 0.3) is 0 Å². The molecule has 1 fully saturated rings. The number of hydrogen-bond donors (Lipinski definition) is 1. The topological polar surface area (TPSA) is 49.4 Å². The molecule has 5 heteroatoms. The molecule has 3 rings (SSSR count). The van der Waals surface area contributed by atoms with Crippen molar-refractivity contribution >= 4 is 17.5 Å². The molecule has 1 unspecified atom stereocenters. The number of hydrogen-bond acceptors (Lipinski definition) is 2. The van der Waals surface area contributed by atoms with Crippen LogP contribution < -0.4 is 10.2 Å². The summed E-state index contributed by atoms with van der Waals surface area (Å²) in [5.74, 6) is -1.05. The lowest BCUT2D eigenvalue weighted by Crippen LogP contribution is -2.41. The summed E-state index contributed by atoms with van der Waals surface area (Å²) in [7, 11) is 0. The number of halogens is 1. The first-order chi connectivity index (χ1) is 11.0. The van der Waals surface area contributed by atoms with Gasteiger partial charge in [0.2, 0.25) is 5.91 Å². The molecule has 0 aliphatic carbocycles. The van der Waals surface area contributed by atoms with Gasteiger partial charge in [0.25, 0.3) is 5.91 Å². The highest BCUT2D eigenvalue weighted by molar-refractivity contribution is 6.03. The fourth-order valence-corrected chi connectivity index (χ4v) is 2.67. The van der Waals surface area contributed by atoms with E-state index in [1.54, 1.807) is 4.90 Å². The minimum Gasteiger partial charge on any atom is -0.340 e. The maximum absolute atomic E-state index is 13.2. The van der Waals surface area contributed by atoms with Crippen LogP contribution in [0, 0.1) is 12.7 Å². The van der Waals surface area contributed by atoms with E-state index >= 15 is 0 Å². The Bertz CT molecular complexity index is 743. The summed E-state index contributed by atoms with van der Waals surface area (Å²) in [6.45, 7) is 2.54. The van der Waals surface area contributed by atoms with Gasteiger partial charge in [-0.05, 0) is 43.7 Å². The quantitative estimate of drug-likeness (QED) is 0.947. The minimum atomic E-state index is -0.577. The van der Waals surface area contributed by atoms with Crippen LogP contribution in [0.4, 0.5) is 10.1 Å². The Morgan fingerprint density at radius 1 is 1.22 bits per heavy atom. The van der Waals surface area contributed by atoms with Gasteiger partial charge in [0.1, 0.15) is 11.9 Å². The third kappa shape index (κ3) is 3.23. The SMILES string of the molecule is Cc1ccc(N2CCC(NC(=O)c3cccc(F)c3)C2=O)cc1. The average molecular weight is 312 g/mol. The first-order valence-corrected chi connectivity index (χ1v) is 7.49. The fourth-order valence-electron chi connectivity index (χ4n) is 2.67. The second kappa shape index (κ2) is 6.20. The summed E-state index contributed by atoms with van der Waals surface area (Å²) in [5, 5.41) is 2.69. The molecular weight excluding hydrogens is 295 g/mol. The van der Waals surface area contributed by atoms with Crippen LogP contribution in [0.1, 0.15) is 22.3 Å². The van der Waals surface area contributed by atoms with E-state index in [1.807, 2.05) is 31.2 Å². The molecule has 0 radical (unpaired) electrons. The molecule has 2 aromatic carbocycles. The van der Waals surface area contributed by atoms with Crippen molar-refractivity contribution in [2.24, 2.45) is 0 Å². The maximum atomic E-state index is 13.2. The summed E-state index contributed by atoms with van der Waals surface area (Å²) in [6, 6.07) is 12.5. The molecule has 0 saturated carbocycles. The zero-order valence-electron chi connectivity index (χ0n) is 12.8. The monoisotopic (exact) mass is 312 g/mol. The molecule has 4 nitrogen and oxygen atoms in total. The van der Waals surface area contributed by atoms with Crippen molar-refractivity contribution in [3.05, 3.63) is 65.5 Å². The predicted molar refractivity (Wildman–Crippen MR) is 85.8 cm³/mol. The standard InChI is InChI=1S/C18H17FN2O2/c1-12-5-7-15(8-6-12)21-10-9-16(18(21)23)20-17(22)13-3-2-4-14(19)11-13/h2-8,11,16H,9-10H2,1H3,(H,20,22). The van der Waals surface area contributed by atoms with E-state index in [-0.39, 0.29) is 11.5 Å². The van der Waals surface area contributed by atoms with Gasteiger partial charge in [-0.2, -0.15) is 0 Å². The van der Waals surface area contributed by atoms with Gasteiger partial charge in [0.15, 0.2) is 0 Å². The van der Waals surface area contributed by atoms with Crippen LogP contribution >= 0.6 is 0 Å². The predicted octanol–water partition coefficient (Wildman–Crippen LogP) is 2.67. The largest absolute Gasteiger partial charge is 0.340 e. The van der Waals surface area contributed by atoms with Gasteiger partial charge in [-0.25, -0.2) is 4.39 Å². The van der Waals surface area contributed by atoms with Crippen molar-refractivity contribution < 1.29 is 14.0 Å². The number of anilines is 1. The highest BCUT2D eigenvalue weighted by atomic mass is 19.1. The zero-order valence-corrected chi connectivity index (χ0v) is 12.8. The average Bonchev–Trinajstić information content (AvgIpc) is 2.89. The van der Waals surface area contributed by atoms with E-state index < -0.39 is 17.8 Å². The number of aryl methyl sites for hydroxylation is 1. The molecule has 1 atom stereocenters. The van der Waals surface area contributed by atoms with Crippen molar-refractivity contribution in [2.45, 2.75) is 19.4 Å². The third-order valence-electron chi connectivity index (χ3n) is 3.94. The maximum Gasteiger partial charge on any atom is 0.252 e. The lowest BCUT2D eigenvalue weighted by atomic mass is 10.2. The highest BCUT2D eigenvalue weighted by Crippen LogP contribution is 2.22. The Morgan fingerprint density at radius 3 is 2.65 bits per heavy atom. The Kier molecular flexibility index (Phi) is 4.10. The molecule has 2 amide bonds. The Hall–Kier alpha value is -2.69. The molecule has 1 aliphatic rings. The first kappa shape index (κ1) is 15.2. The summed E-state index contributed by atoms with van der Waals surface area (Å²) >= 11 is 0. The molecule has 0 aromatic heterocycles. The van der Waals surface area contributed by atoms with Gasteiger partial charge in [0, 0.05) is 17.8 Å². The lowest BCUT2D eigenvalue weighted by Gasteiger charge is -2.17. The molecule has 1 aliphatic heterocycles. The molecule has 2 aromatic rings. The zero-order chi connectivity index (χ0) is 16.4. The normalized spacial score (nSPS) is 17.4. The number of carbonyl (C=O) groups excluding carboxylic acids is 2. The minimum absolute atomic E-state index is 0.140. The number of rotatable bonds is 3. The molecule has 23 heavy (non-hydrogen) atoms. The summed E-state index contributed by atoms with van der Waals surface area (Å²) in [4.78, 5) is 26.3. The molecule has 118 valence electrons. The van der Waals surface area contributed by atoms with Gasteiger partial charge in [-0.3, -0.25) is 9.59 Å². The molecule has 1 N–H and O–H groups in total. The summed E-state index contributed by atoms with van der Waals surface area (Å²) in [5.41, 5.74) is 2.16. The van der Waals surface area contributed by atoms with Crippen molar-refractivity contribution in [2.75, 3.05) is 11.4 Å². The van der Waals surface area contributed by atoms with Gasteiger partial charge in [-0.15, -0.1) is 0 Å². The number of amides is 2. The van der Waals surface area contributed by atoms with E-state index in [2.05, 4.69) is 5.32 Å². The smallest absolute Gasteiger partial charge is 0.252 e. The van der Waals surface area contributed by atoms with Crippen molar-refractivity contribution in [3.8, 4) is 0 Å². The van der Waals surface area contributed by atoms with E-state index in [0.717, 1.165) is 17.3 Å². The van der Waals surface area contributed by atoms with Crippen LogP contribution in [0.15, 0.2) is 48.5 Å². The van der Waals surface area contributed by atoms with E-state index in [0.29, 0.717) is 13.0 Å². The van der Waals surface area contributed by atoms with Crippen molar-refractivity contribution in [3.63, 3.8) is 0 Å². The van der Waals surface area contributed by atoms with Crippen LogP contribution in [0.5, 0.6) is 0 Å². The van der Waals surface area contributed by atoms with Gasteiger partial charge < -0.3 is 10.2 Å². The lowest BCUT2D eigenvalue weighted by molar-refractivity contribution is -0.118. The van der Waals surface area contributed by atoms with Crippen LogP contribution in [0.3, 0.4) is 0 Å². The molecular formula is C18H17FN2O2. The summed E-state index contributed by atoms with van der Waals surface area (Å²) < 4.78 is 13.2. The van der Waals surface area contributed by atoms with Crippen LogP contribution in [-0.2, 0) is 4.79 Å². The van der Waals surface area contributed by atoms with E-state index in [4.69, 9.17) is 0 Å². The third-order valence-corrected chi connectivity index (χ3v) is 3.94. The van der Waals surface area contributed by atoms with Gasteiger partial charge in [-0.1, -0.05) is 23.8 Å². The number of nitrogens with zero attached hydrogens (tertiary/aromatic N) is 1. The Balaban J connectivity index is 1.69. The second-order valence-corrected chi connectivity index (χ2v) is 5.65. The number of nitrogens with one attached hydrogen (secondary N) is 1. The van der Waals surface area contributed by atoms with Crippen LogP contribution in [-0.4, -0.2) is 24.4 Å². The van der Waals surface area contributed by atoms with Crippen molar-refractivity contribution in [1.82, 2.24) is 5.32 Å². The van der Waals surface area contributed by atoms with Gasteiger partial charge >= 0.3 is 0 Å². The first-order valence-electron chi connectivity index (χ1n) is 7.49. The highest BCUT2D eigenvalue weighted by Gasteiger charge is 2.33. The van der Waals surface area contributed by atoms with E-state index in [9.17, 15) is 14.0 Å². The Morgan fingerprint density at radius 2 is 1.96 bits per heavy atom. The molecule has 1 heterocycles. The number of benzene rings is 2. The fraction of sp³-hybridized carbons (Fsp3) is 0.222. The van der Waals surface area contributed by atoms with E-state index in [1.165, 1.54) is 18.2 Å².